The first kappa shape index (κ1) is 14.0. The number of rotatable bonds is 3. The molecule has 1 N–H and O–H groups in total. The average Bonchev–Trinajstić information content (AvgIpc) is 2.66. The van der Waals surface area contributed by atoms with Gasteiger partial charge in [-0.25, -0.2) is 4.79 Å². The van der Waals surface area contributed by atoms with Gasteiger partial charge in [-0.05, 0) is 6.42 Å². The Morgan fingerprint density at radius 1 is 1.42 bits per heavy atom. The second-order valence-electron chi connectivity index (χ2n) is 4.58. The highest BCUT2D eigenvalue weighted by molar-refractivity contribution is 7.86. The molecule has 8 nitrogen and oxygen atoms in total. The minimum atomic E-state index is -3.49. The summed E-state index contributed by atoms with van der Waals surface area (Å²) in [6.07, 6.45) is 0.359. The van der Waals surface area contributed by atoms with E-state index in [1.807, 2.05) is 0 Å². The zero-order chi connectivity index (χ0) is 14.4. The largest absolute Gasteiger partial charge is 0.476 e. The maximum Gasteiger partial charge on any atom is 0.356 e. The minimum absolute atomic E-state index is 0.0133. The van der Waals surface area contributed by atoms with E-state index >= 15 is 0 Å². The summed E-state index contributed by atoms with van der Waals surface area (Å²) in [4.78, 5) is 11.1. The smallest absolute Gasteiger partial charge is 0.356 e. The number of aryl methyl sites for hydroxylation is 1. The van der Waals surface area contributed by atoms with Gasteiger partial charge in [0.25, 0.3) is 10.2 Å². The van der Waals surface area contributed by atoms with E-state index in [0.29, 0.717) is 17.7 Å². The number of hydrogen-bond acceptors (Lipinski definition) is 4. The Kier molecular flexibility index (Phi) is 3.37. The van der Waals surface area contributed by atoms with Crippen LogP contribution in [0, 0.1) is 0 Å². The van der Waals surface area contributed by atoms with E-state index < -0.39 is 16.2 Å². The number of aromatic nitrogens is 2. The molecule has 1 aromatic rings. The van der Waals surface area contributed by atoms with Crippen LogP contribution in [0.4, 0.5) is 0 Å². The normalized spacial score (nSPS) is 16.6. The lowest BCUT2D eigenvalue weighted by atomic mass is 10.1. The number of fused-ring (bicyclic) bond motifs is 1. The van der Waals surface area contributed by atoms with Gasteiger partial charge in [-0.2, -0.15) is 22.1 Å². The zero-order valence-electron chi connectivity index (χ0n) is 11.0. The lowest BCUT2D eigenvalue weighted by molar-refractivity contribution is 0.0688. The van der Waals surface area contributed by atoms with E-state index in [4.69, 9.17) is 5.11 Å². The van der Waals surface area contributed by atoms with Crippen LogP contribution in [0.1, 0.15) is 21.7 Å². The third-order valence-electron chi connectivity index (χ3n) is 3.20. The molecule has 0 fully saturated rings. The molecule has 0 bridgehead atoms. The summed E-state index contributed by atoms with van der Waals surface area (Å²) < 4.78 is 28.0. The van der Waals surface area contributed by atoms with Crippen molar-refractivity contribution < 1.29 is 18.3 Å². The maximum atomic E-state index is 12.1. The average molecular weight is 288 g/mol. The second kappa shape index (κ2) is 4.58. The van der Waals surface area contributed by atoms with Crippen LogP contribution in [0.25, 0.3) is 0 Å². The Bertz CT molecular complexity index is 620. The highest BCUT2D eigenvalue weighted by Gasteiger charge is 2.33. The van der Waals surface area contributed by atoms with Gasteiger partial charge in [0, 0.05) is 33.3 Å². The van der Waals surface area contributed by atoms with Crippen LogP contribution in [0.5, 0.6) is 0 Å². The molecule has 2 heterocycles. The van der Waals surface area contributed by atoms with E-state index in [1.165, 1.54) is 23.1 Å². The van der Waals surface area contributed by atoms with Crippen molar-refractivity contribution in [1.29, 1.82) is 0 Å². The first-order valence-electron chi connectivity index (χ1n) is 5.70. The number of carboxylic acids is 1. The van der Waals surface area contributed by atoms with Gasteiger partial charge in [0.05, 0.1) is 12.2 Å². The van der Waals surface area contributed by atoms with Gasteiger partial charge >= 0.3 is 5.97 Å². The summed E-state index contributed by atoms with van der Waals surface area (Å²) in [6.45, 7) is 0.409. The molecule has 0 amide bonds. The predicted molar refractivity (Wildman–Crippen MR) is 66.9 cm³/mol. The van der Waals surface area contributed by atoms with E-state index in [1.54, 1.807) is 7.05 Å². The monoisotopic (exact) mass is 288 g/mol. The Morgan fingerprint density at radius 3 is 2.58 bits per heavy atom. The molecule has 0 radical (unpaired) electrons. The molecule has 0 saturated heterocycles. The number of carboxylic acid groups (broad SMARTS) is 1. The molecular weight excluding hydrogens is 272 g/mol. The van der Waals surface area contributed by atoms with Crippen LogP contribution >= 0.6 is 0 Å². The summed E-state index contributed by atoms with van der Waals surface area (Å²) in [6, 6.07) is 0. The van der Waals surface area contributed by atoms with Crippen molar-refractivity contribution in [3.8, 4) is 0 Å². The van der Waals surface area contributed by atoms with Gasteiger partial charge in [0.2, 0.25) is 0 Å². The molecule has 0 spiro atoms. The Balaban J connectivity index is 2.39. The summed E-state index contributed by atoms with van der Waals surface area (Å²) in [5, 5.41) is 13.0. The summed E-state index contributed by atoms with van der Waals surface area (Å²) in [5.74, 6) is -1.08. The van der Waals surface area contributed by atoms with Crippen molar-refractivity contribution in [2.75, 3.05) is 20.6 Å². The SMILES string of the molecule is CN(C)S(=O)(=O)N1CCc2c(C(=O)O)nn(C)c2C1. The van der Waals surface area contributed by atoms with Crippen LogP contribution in [-0.2, 0) is 30.2 Å². The van der Waals surface area contributed by atoms with Crippen molar-refractivity contribution in [3.05, 3.63) is 17.0 Å². The predicted octanol–water partition coefficient (Wildman–Crippen LogP) is -0.717. The second-order valence-corrected chi connectivity index (χ2v) is 6.72. The quantitative estimate of drug-likeness (QED) is 0.792. The molecule has 106 valence electrons. The fourth-order valence-corrected chi connectivity index (χ4v) is 3.21. The van der Waals surface area contributed by atoms with Gasteiger partial charge in [-0.1, -0.05) is 0 Å². The van der Waals surface area contributed by atoms with Crippen LogP contribution in [0.2, 0.25) is 0 Å². The van der Waals surface area contributed by atoms with E-state index in [0.717, 1.165) is 4.31 Å². The maximum absolute atomic E-state index is 12.1. The van der Waals surface area contributed by atoms with Crippen LogP contribution in [0.15, 0.2) is 0 Å². The standard InChI is InChI=1S/C10H16N4O4S/c1-12(2)19(17,18)14-5-4-7-8(6-14)13(3)11-9(7)10(15)16/h4-6H2,1-3H3,(H,15,16). The van der Waals surface area contributed by atoms with Crippen molar-refractivity contribution in [2.24, 2.45) is 7.05 Å². The molecule has 0 aliphatic carbocycles. The van der Waals surface area contributed by atoms with Crippen molar-refractivity contribution in [1.82, 2.24) is 18.4 Å². The number of hydrogen-bond donors (Lipinski definition) is 1. The van der Waals surface area contributed by atoms with E-state index in [9.17, 15) is 13.2 Å². The van der Waals surface area contributed by atoms with Crippen molar-refractivity contribution in [2.45, 2.75) is 13.0 Å². The molecule has 1 aromatic heterocycles. The van der Waals surface area contributed by atoms with Gasteiger partial charge in [-0.3, -0.25) is 4.68 Å². The molecule has 19 heavy (non-hydrogen) atoms. The molecule has 0 unspecified atom stereocenters. The number of carbonyl (C=O) groups is 1. The zero-order valence-corrected chi connectivity index (χ0v) is 11.8. The van der Waals surface area contributed by atoms with E-state index in [-0.39, 0.29) is 18.8 Å². The lowest BCUT2D eigenvalue weighted by Gasteiger charge is -2.28. The third kappa shape index (κ3) is 2.24. The highest BCUT2D eigenvalue weighted by Crippen LogP contribution is 2.24. The van der Waals surface area contributed by atoms with Crippen LogP contribution in [-0.4, -0.2) is 58.5 Å². The van der Waals surface area contributed by atoms with E-state index in [2.05, 4.69) is 5.10 Å². The van der Waals surface area contributed by atoms with Crippen LogP contribution in [0.3, 0.4) is 0 Å². The first-order chi connectivity index (χ1) is 8.75. The van der Waals surface area contributed by atoms with Gasteiger partial charge in [0.1, 0.15) is 0 Å². The molecule has 1 aliphatic heterocycles. The fraction of sp³-hybridized carbons (Fsp3) is 0.600. The third-order valence-corrected chi connectivity index (χ3v) is 5.09. The molecule has 0 saturated carbocycles. The Labute approximate surface area is 111 Å². The number of nitrogens with zero attached hydrogens (tertiary/aromatic N) is 4. The Morgan fingerprint density at radius 2 is 2.05 bits per heavy atom. The summed E-state index contributed by atoms with van der Waals surface area (Å²) in [5.41, 5.74) is 1.27. The summed E-state index contributed by atoms with van der Waals surface area (Å²) >= 11 is 0. The van der Waals surface area contributed by atoms with Crippen molar-refractivity contribution in [3.63, 3.8) is 0 Å². The fourth-order valence-electron chi connectivity index (χ4n) is 2.15. The Hall–Kier alpha value is -1.45. The first-order valence-corrected chi connectivity index (χ1v) is 7.10. The molecule has 1 aliphatic rings. The molecule has 0 aromatic carbocycles. The van der Waals surface area contributed by atoms with Gasteiger partial charge < -0.3 is 5.11 Å². The summed E-state index contributed by atoms with van der Waals surface area (Å²) in [7, 11) is 1.07. The van der Waals surface area contributed by atoms with Gasteiger partial charge in [0.15, 0.2) is 5.69 Å². The molecule has 2 rings (SSSR count). The van der Waals surface area contributed by atoms with Crippen molar-refractivity contribution >= 4 is 16.2 Å². The highest BCUT2D eigenvalue weighted by atomic mass is 32.2. The van der Waals surface area contributed by atoms with Crippen LogP contribution < -0.4 is 0 Å². The topological polar surface area (TPSA) is 95.7 Å². The van der Waals surface area contributed by atoms with Gasteiger partial charge in [-0.15, -0.1) is 0 Å². The lowest BCUT2D eigenvalue weighted by Crippen LogP contribution is -2.43. The molecule has 0 atom stereocenters. The minimum Gasteiger partial charge on any atom is -0.476 e. The number of aromatic carboxylic acids is 1. The molecule has 9 heteroatoms. The molecular formula is C10H16N4O4S.